The van der Waals surface area contributed by atoms with Crippen molar-refractivity contribution in [1.82, 2.24) is 10.2 Å². The summed E-state index contributed by atoms with van der Waals surface area (Å²) in [5, 5.41) is 9.21. The van der Waals surface area contributed by atoms with Crippen molar-refractivity contribution in [2.45, 2.75) is 25.3 Å². The fourth-order valence-corrected chi connectivity index (χ4v) is 4.80. The van der Waals surface area contributed by atoms with E-state index >= 15 is 0 Å². The Morgan fingerprint density at radius 1 is 0.815 bits per heavy atom. The summed E-state index contributed by atoms with van der Waals surface area (Å²) in [6.45, 7) is 4.56. The maximum atomic E-state index is 3.53. The minimum absolute atomic E-state index is 0. The van der Waals surface area contributed by atoms with Gasteiger partial charge in [-0.3, -0.25) is 4.90 Å². The van der Waals surface area contributed by atoms with Gasteiger partial charge >= 0.3 is 0 Å². The first-order valence-corrected chi connectivity index (χ1v) is 9.77. The third kappa shape index (κ3) is 3.69. The van der Waals surface area contributed by atoms with Crippen molar-refractivity contribution in [2.75, 3.05) is 26.2 Å². The van der Waals surface area contributed by atoms with E-state index in [0.717, 1.165) is 19.0 Å². The van der Waals surface area contributed by atoms with Crippen molar-refractivity contribution < 1.29 is 0 Å². The Hall–Kier alpha value is -1.32. The molecule has 0 unspecified atom stereocenters. The van der Waals surface area contributed by atoms with Crippen LogP contribution in [0.1, 0.15) is 30.9 Å². The Morgan fingerprint density at radius 3 is 1.89 bits per heavy atom. The van der Waals surface area contributed by atoms with Crippen LogP contribution >= 0.6 is 24.8 Å². The maximum absolute atomic E-state index is 3.53. The van der Waals surface area contributed by atoms with E-state index in [1.165, 1.54) is 53.9 Å². The molecule has 27 heavy (non-hydrogen) atoms. The molecular formula is C23H28Cl2N2. The molecule has 0 spiro atoms. The van der Waals surface area contributed by atoms with Gasteiger partial charge in [-0.2, -0.15) is 0 Å². The summed E-state index contributed by atoms with van der Waals surface area (Å²) in [6, 6.07) is 20.9. The van der Waals surface area contributed by atoms with Crippen LogP contribution in [0.5, 0.6) is 0 Å². The molecule has 1 aliphatic heterocycles. The van der Waals surface area contributed by atoms with Crippen molar-refractivity contribution in [3.63, 3.8) is 0 Å². The molecule has 1 saturated heterocycles. The zero-order chi connectivity index (χ0) is 16.6. The molecule has 0 aromatic heterocycles. The second kappa shape index (κ2) is 8.79. The van der Waals surface area contributed by atoms with Crippen molar-refractivity contribution in [3.05, 3.63) is 60.2 Å². The molecule has 1 aliphatic carbocycles. The topological polar surface area (TPSA) is 15.3 Å². The Morgan fingerprint density at radius 2 is 1.37 bits per heavy atom. The van der Waals surface area contributed by atoms with Gasteiger partial charge in [0.1, 0.15) is 0 Å². The minimum atomic E-state index is 0. The lowest BCUT2D eigenvalue weighted by Gasteiger charge is -2.44. The van der Waals surface area contributed by atoms with Crippen molar-refractivity contribution in [1.29, 1.82) is 0 Å². The number of nitrogens with one attached hydrogen (secondary N) is 1. The van der Waals surface area contributed by atoms with Gasteiger partial charge in [0, 0.05) is 32.2 Å². The number of halogens is 2. The van der Waals surface area contributed by atoms with Crippen LogP contribution in [-0.2, 0) is 0 Å². The molecular weight excluding hydrogens is 375 g/mol. The molecule has 1 saturated carbocycles. The standard InChI is InChI=1S/C23H26N2.2ClH/c1-3-10-20-18(6-1)16-19-7-2-4-11-21(19)22(20)23(17-8-5-9-17)25-14-12-24-13-15-25;;/h1-4,6-7,10-11,16-17,23-24H,5,8-9,12-15H2;2*1H/t23-;;/m0../s1. The molecule has 3 aromatic carbocycles. The van der Waals surface area contributed by atoms with Crippen LogP contribution in [0, 0.1) is 5.92 Å². The van der Waals surface area contributed by atoms with Crippen LogP contribution in [0.15, 0.2) is 54.6 Å². The summed E-state index contributed by atoms with van der Waals surface area (Å²) in [6.07, 6.45) is 4.16. The molecule has 1 N–H and O–H groups in total. The largest absolute Gasteiger partial charge is 0.314 e. The number of benzene rings is 3. The Kier molecular flexibility index (Phi) is 6.65. The highest BCUT2D eigenvalue weighted by molar-refractivity contribution is 6.02. The molecule has 5 rings (SSSR count). The van der Waals surface area contributed by atoms with E-state index in [1.54, 1.807) is 5.56 Å². The van der Waals surface area contributed by atoms with E-state index in [9.17, 15) is 0 Å². The average Bonchev–Trinajstić information content (AvgIpc) is 2.63. The van der Waals surface area contributed by atoms with Gasteiger partial charge in [0.2, 0.25) is 0 Å². The highest BCUT2D eigenvalue weighted by Crippen LogP contribution is 2.46. The normalized spacial score (nSPS) is 19.1. The number of fused-ring (bicyclic) bond motifs is 2. The second-order valence-corrected chi connectivity index (χ2v) is 7.65. The van der Waals surface area contributed by atoms with Crippen molar-refractivity contribution >= 4 is 46.4 Å². The molecule has 4 heteroatoms. The molecule has 3 aromatic rings. The summed E-state index contributed by atoms with van der Waals surface area (Å²) in [4.78, 5) is 2.76. The minimum Gasteiger partial charge on any atom is -0.314 e. The predicted octanol–water partition coefficient (Wildman–Crippen LogP) is 5.58. The summed E-state index contributed by atoms with van der Waals surface area (Å²) in [7, 11) is 0. The van der Waals surface area contributed by atoms with E-state index in [2.05, 4.69) is 64.8 Å². The number of piperazine rings is 1. The summed E-state index contributed by atoms with van der Waals surface area (Å²) < 4.78 is 0. The van der Waals surface area contributed by atoms with E-state index in [-0.39, 0.29) is 24.8 Å². The molecule has 144 valence electrons. The Bertz CT molecular complexity index is 847. The van der Waals surface area contributed by atoms with Crippen molar-refractivity contribution in [3.8, 4) is 0 Å². The molecule has 0 radical (unpaired) electrons. The number of rotatable bonds is 3. The zero-order valence-electron chi connectivity index (χ0n) is 15.6. The second-order valence-electron chi connectivity index (χ2n) is 7.65. The Balaban J connectivity index is 0.00000105. The number of nitrogens with zero attached hydrogens (tertiary/aromatic N) is 1. The van der Waals surface area contributed by atoms with E-state index in [1.807, 2.05) is 0 Å². The van der Waals surface area contributed by atoms with Gasteiger partial charge in [0.25, 0.3) is 0 Å². The summed E-state index contributed by atoms with van der Waals surface area (Å²) >= 11 is 0. The van der Waals surface area contributed by atoms with Crippen LogP contribution < -0.4 is 5.32 Å². The van der Waals surface area contributed by atoms with E-state index in [0.29, 0.717) is 6.04 Å². The Labute approximate surface area is 174 Å². The van der Waals surface area contributed by atoms with Gasteiger partial charge in [-0.05, 0) is 51.9 Å². The molecule has 0 amide bonds. The van der Waals surface area contributed by atoms with Crippen LogP contribution in [0.25, 0.3) is 21.5 Å². The molecule has 2 aliphatic rings. The summed E-state index contributed by atoms with van der Waals surface area (Å²) in [5.74, 6) is 0.812. The number of hydrogen-bond donors (Lipinski definition) is 1. The first-order chi connectivity index (χ1) is 12.4. The monoisotopic (exact) mass is 402 g/mol. The van der Waals surface area contributed by atoms with Gasteiger partial charge in [0.15, 0.2) is 0 Å². The third-order valence-electron chi connectivity index (χ3n) is 6.25. The third-order valence-corrected chi connectivity index (χ3v) is 6.25. The highest BCUT2D eigenvalue weighted by Gasteiger charge is 2.35. The van der Waals surface area contributed by atoms with Gasteiger partial charge < -0.3 is 5.32 Å². The van der Waals surface area contributed by atoms with Crippen LogP contribution in [0.3, 0.4) is 0 Å². The lowest BCUT2D eigenvalue weighted by atomic mass is 9.74. The number of hydrogen-bond acceptors (Lipinski definition) is 2. The zero-order valence-corrected chi connectivity index (χ0v) is 17.2. The van der Waals surface area contributed by atoms with Crippen LogP contribution in [-0.4, -0.2) is 31.1 Å². The molecule has 2 nitrogen and oxygen atoms in total. The molecule has 0 bridgehead atoms. The predicted molar refractivity (Wildman–Crippen MR) is 120 cm³/mol. The maximum Gasteiger partial charge on any atom is 0.0389 e. The summed E-state index contributed by atoms with van der Waals surface area (Å²) in [5.41, 5.74) is 1.58. The fourth-order valence-electron chi connectivity index (χ4n) is 4.80. The quantitative estimate of drug-likeness (QED) is 0.574. The fraction of sp³-hybridized carbons (Fsp3) is 0.391. The van der Waals surface area contributed by atoms with E-state index < -0.39 is 0 Å². The first-order valence-electron chi connectivity index (χ1n) is 9.77. The van der Waals surface area contributed by atoms with Gasteiger partial charge in [-0.25, -0.2) is 0 Å². The van der Waals surface area contributed by atoms with Crippen LogP contribution in [0.2, 0.25) is 0 Å². The van der Waals surface area contributed by atoms with Gasteiger partial charge in [-0.1, -0.05) is 55.0 Å². The first kappa shape index (κ1) is 20.4. The van der Waals surface area contributed by atoms with Gasteiger partial charge in [-0.15, -0.1) is 24.8 Å². The SMILES string of the molecule is Cl.Cl.c1ccc2c([C@H](C3CCC3)N3CCNCC3)c3ccccc3cc2c1. The molecule has 1 atom stereocenters. The lowest BCUT2D eigenvalue weighted by Crippen LogP contribution is -2.48. The van der Waals surface area contributed by atoms with E-state index in [4.69, 9.17) is 0 Å². The average molecular weight is 403 g/mol. The lowest BCUT2D eigenvalue weighted by molar-refractivity contribution is 0.0856. The molecule has 1 heterocycles. The van der Waals surface area contributed by atoms with Crippen molar-refractivity contribution in [2.24, 2.45) is 5.92 Å². The highest BCUT2D eigenvalue weighted by atomic mass is 35.5. The molecule has 2 fully saturated rings. The van der Waals surface area contributed by atoms with Crippen LogP contribution in [0.4, 0.5) is 0 Å². The van der Waals surface area contributed by atoms with Gasteiger partial charge in [0.05, 0.1) is 0 Å². The smallest absolute Gasteiger partial charge is 0.0389 e.